The smallest absolute Gasteiger partial charge is 0.335 e. The van der Waals surface area contributed by atoms with Crippen molar-refractivity contribution in [2.45, 2.75) is 54.6 Å². The topological polar surface area (TPSA) is 69.6 Å². The van der Waals surface area contributed by atoms with Gasteiger partial charge in [-0.3, -0.25) is 0 Å². The minimum atomic E-state index is -1.22. The second-order valence-electron chi connectivity index (χ2n) is 9.55. The molecule has 1 unspecified atom stereocenters. The van der Waals surface area contributed by atoms with Crippen molar-refractivity contribution >= 4 is 17.1 Å². The number of hydrogen-bond donors (Lipinski definition) is 1. The summed E-state index contributed by atoms with van der Waals surface area (Å²) in [4.78, 5) is 11.7. The van der Waals surface area contributed by atoms with Crippen molar-refractivity contribution in [3.63, 3.8) is 0 Å². The van der Waals surface area contributed by atoms with Crippen LogP contribution in [0, 0.1) is 17.8 Å². The molecular weight excluding hydrogens is 396 g/mol. The number of hydrogen-bond acceptors (Lipinski definition) is 3. The average Bonchev–Trinajstić information content (AvgIpc) is 2.73. The molecule has 0 spiro atoms. The van der Waals surface area contributed by atoms with Crippen LogP contribution in [0.4, 0.5) is 0 Å². The van der Waals surface area contributed by atoms with Gasteiger partial charge in [0.2, 0.25) is 0 Å². The van der Waals surface area contributed by atoms with Gasteiger partial charge in [-0.1, -0.05) is 6.07 Å². The summed E-state index contributed by atoms with van der Waals surface area (Å²) in [5.74, 6) is 2.99. The second-order valence-corrected chi connectivity index (χ2v) is 11.0. The predicted molar refractivity (Wildman–Crippen MR) is 116 cm³/mol. The lowest BCUT2D eigenvalue weighted by Crippen LogP contribution is -2.48. The highest BCUT2D eigenvalue weighted by atomic mass is 32.2. The van der Waals surface area contributed by atoms with E-state index in [0.717, 1.165) is 29.1 Å². The Labute approximate surface area is 180 Å². The third-order valence-electron chi connectivity index (χ3n) is 7.54. The standard InChI is InChI=1S/C25H28O4S/c1-29-23-7-2-16(15-30(28)21-5-3-20(4-6-21)24(26)27)11-22(23)25-12-17-8-18(13-25)10-19(9-17)14-25/h2-7,11,17-19H,8-10,12-15H2,1H3,(H,26,27). The first-order chi connectivity index (χ1) is 14.5. The molecule has 5 heteroatoms. The summed E-state index contributed by atoms with van der Waals surface area (Å²) in [6.45, 7) is 0. The van der Waals surface area contributed by atoms with Gasteiger partial charge in [-0.25, -0.2) is 4.79 Å². The maximum Gasteiger partial charge on any atom is 0.335 e. The van der Waals surface area contributed by atoms with E-state index < -0.39 is 17.1 Å². The molecule has 0 aromatic heterocycles. The van der Waals surface area contributed by atoms with Crippen LogP contribution in [0.25, 0.3) is 0 Å². The highest BCUT2D eigenvalue weighted by Gasteiger charge is 2.52. The van der Waals surface area contributed by atoms with E-state index in [1.807, 2.05) is 12.1 Å². The van der Waals surface area contributed by atoms with E-state index in [2.05, 4.69) is 6.07 Å². The molecule has 4 fully saturated rings. The molecule has 1 atom stereocenters. The van der Waals surface area contributed by atoms with Crippen LogP contribution in [0.5, 0.6) is 5.75 Å². The van der Waals surface area contributed by atoms with Crippen molar-refractivity contribution in [1.29, 1.82) is 0 Å². The van der Waals surface area contributed by atoms with Gasteiger partial charge in [-0.15, -0.1) is 0 Å². The Kier molecular flexibility index (Phi) is 5.06. The third-order valence-corrected chi connectivity index (χ3v) is 8.93. The first-order valence-electron chi connectivity index (χ1n) is 10.8. The number of carbonyl (C=O) groups is 1. The number of benzene rings is 2. The molecule has 0 heterocycles. The number of rotatable bonds is 6. The molecule has 30 heavy (non-hydrogen) atoms. The van der Waals surface area contributed by atoms with Gasteiger partial charge in [-0.05, 0) is 109 Å². The summed E-state index contributed by atoms with van der Waals surface area (Å²) < 4.78 is 18.7. The molecule has 2 aromatic rings. The lowest BCUT2D eigenvalue weighted by Gasteiger charge is -2.57. The minimum absolute atomic E-state index is 0.212. The van der Waals surface area contributed by atoms with E-state index >= 15 is 0 Å². The van der Waals surface area contributed by atoms with Gasteiger partial charge in [0, 0.05) is 11.1 Å². The SMILES string of the molecule is COc1ccc(C[S+]([O-])c2ccc(C(=O)O)cc2)cc1C12CC3CC(CC(C3)C1)C2. The fourth-order valence-corrected chi connectivity index (χ4v) is 7.77. The zero-order valence-electron chi connectivity index (χ0n) is 17.3. The number of carboxylic acids is 1. The Morgan fingerprint density at radius 3 is 2.20 bits per heavy atom. The van der Waals surface area contributed by atoms with Crippen molar-refractivity contribution in [1.82, 2.24) is 0 Å². The zero-order chi connectivity index (χ0) is 20.9. The van der Waals surface area contributed by atoms with Crippen molar-refractivity contribution in [2.75, 3.05) is 7.11 Å². The second kappa shape index (κ2) is 7.61. The average molecular weight is 425 g/mol. The lowest BCUT2D eigenvalue weighted by molar-refractivity contribution is -0.00618. The van der Waals surface area contributed by atoms with Crippen LogP contribution in [-0.4, -0.2) is 22.7 Å². The number of carboxylic acid groups (broad SMARTS) is 1. The molecule has 1 N–H and O–H groups in total. The quantitative estimate of drug-likeness (QED) is 0.650. The largest absolute Gasteiger partial charge is 0.611 e. The summed E-state index contributed by atoms with van der Waals surface area (Å²) in [6.07, 6.45) is 7.99. The van der Waals surface area contributed by atoms with Crippen LogP contribution in [0.3, 0.4) is 0 Å². The minimum Gasteiger partial charge on any atom is -0.611 e. The Bertz CT molecular complexity index is 917. The normalized spacial score (nSPS) is 30.3. The van der Waals surface area contributed by atoms with E-state index in [-0.39, 0.29) is 11.0 Å². The third kappa shape index (κ3) is 3.52. The van der Waals surface area contributed by atoms with E-state index in [0.29, 0.717) is 10.6 Å². The van der Waals surface area contributed by atoms with E-state index in [9.17, 15) is 9.35 Å². The molecule has 4 aliphatic carbocycles. The van der Waals surface area contributed by atoms with Gasteiger partial charge in [0.15, 0.2) is 4.90 Å². The van der Waals surface area contributed by atoms with Crippen molar-refractivity contribution in [3.05, 3.63) is 59.2 Å². The molecule has 158 valence electrons. The molecule has 2 aromatic carbocycles. The van der Waals surface area contributed by atoms with Crippen LogP contribution in [-0.2, 0) is 22.3 Å². The van der Waals surface area contributed by atoms with Crippen molar-refractivity contribution < 1.29 is 19.2 Å². The van der Waals surface area contributed by atoms with Crippen LogP contribution in [0.15, 0.2) is 47.4 Å². The Balaban J connectivity index is 1.41. The Hall–Kier alpha value is -1.98. The zero-order valence-corrected chi connectivity index (χ0v) is 18.1. The van der Waals surface area contributed by atoms with Crippen LogP contribution in [0.2, 0.25) is 0 Å². The summed E-state index contributed by atoms with van der Waals surface area (Å²) in [6, 6.07) is 12.7. The fraction of sp³-hybridized carbons (Fsp3) is 0.480. The van der Waals surface area contributed by atoms with E-state index in [4.69, 9.17) is 9.84 Å². The monoisotopic (exact) mass is 424 g/mol. The molecule has 4 saturated carbocycles. The van der Waals surface area contributed by atoms with Crippen molar-refractivity contribution in [2.24, 2.45) is 17.8 Å². The molecule has 4 aliphatic rings. The van der Waals surface area contributed by atoms with Gasteiger partial charge in [0.05, 0.1) is 12.7 Å². The summed E-state index contributed by atoms with van der Waals surface area (Å²) in [5.41, 5.74) is 2.81. The Morgan fingerprint density at radius 2 is 1.67 bits per heavy atom. The molecular formula is C25H28O4S. The molecule has 0 radical (unpaired) electrons. The first-order valence-corrected chi connectivity index (χ1v) is 12.2. The summed E-state index contributed by atoms with van der Waals surface area (Å²) in [7, 11) is 1.75. The van der Waals surface area contributed by atoms with E-state index in [1.165, 1.54) is 56.2 Å². The lowest BCUT2D eigenvalue weighted by atomic mass is 9.48. The molecule has 0 saturated heterocycles. The first kappa shape index (κ1) is 20.0. The molecule has 4 nitrogen and oxygen atoms in total. The predicted octanol–water partition coefficient (Wildman–Crippen LogP) is 5.17. The maximum absolute atomic E-state index is 12.9. The van der Waals surface area contributed by atoms with Gasteiger partial charge < -0.3 is 14.4 Å². The molecule has 0 amide bonds. The number of methoxy groups -OCH3 is 1. The summed E-state index contributed by atoms with van der Waals surface area (Å²) >= 11 is -1.22. The number of aromatic carboxylic acids is 1. The van der Waals surface area contributed by atoms with Gasteiger partial charge in [0.1, 0.15) is 11.5 Å². The highest BCUT2D eigenvalue weighted by molar-refractivity contribution is 7.90. The van der Waals surface area contributed by atoms with Gasteiger partial charge in [0.25, 0.3) is 0 Å². The fourth-order valence-electron chi connectivity index (χ4n) is 6.68. The van der Waals surface area contributed by atoms with Gasteiger partial charge >= 0.3 is 5.97 Å². The van der Waals surface area contributed by atoms with E-state index in [1.54, 1.807) is 19.2 Å². The summed E-state index contributed by atoms with van der Waals surface area (Å²) in [5, 5.41) is 9.06. The number of ether oxygens (including phenoxy) is 1. The maximum atomic E-state index is 12.9. The molecule has 4 bridgehead atoms. The van der Waals surface area contributed by atoms with Crippen LogP contribution >= 0.6 is 0 Å². The van der Waals surface area contributed by atoms with Gasteiger partial charge in [-0.2, -0.15) is 0 Å². The molecule has 0 aliphatic heterocycles. The van der Waals surface area contributed by atoms with Crippen molar-refractivity contribution in [3.8, 4) is 5.75 Å². The van der Waals surface area contributed by atoms with Crippen LogP contribution < -0.4 is 4.74 Å². The van der Waals surface area contributed by atoms with Crippen LogP contribution in [0.1, 0.15) is 60.0 Å². The highest BCUT2D eigenvalue weighted by Crippen LogP contribution is 2.61. The molecule has 6 rings (SSSR count). The Morgan fingerprint density at radius 1 is 1.07 bits per heavy atom.